The fourth-order valence-corrected chi connectivity index (χ4v) is 2.76. The molecule has 1 fully saturated rings. The Morgan fingerprint density at radius 2 is 2.19 bits per heavy atom. The minimum absolute atomic E-state index is 0.133. The van der Waals surface area contributed by atoms with Gasteiger partial charge in [-0.1, -0.05) is 6.07 Å². The number of carbonyl (C=O) groups is 2. The first-order chi connectivity index (χ1) is 12.6. The van der Waals surface area contributed by atoms with E-state index in [1.165, 1.54) is 6.20 Å². The Balaban J connectivity index is 1.73. The van der Waals surface area contributed by atoms with Gasteiger partial charge in [0.1, 0.15) is 11.4 Å². The zero-order valence-corrected chi connectivity index (χ0v) is 14.4. The summed E-state index contributed by atoms with van der Waals surface area (Å²) in [7, 11) is 1.57. The molecule has 1 heterocycles. The van der Waals surface area contributed by atoms with E-state index in [1.807, 2.05) is 0 Å². The number of hydrogen-bond acceptors (Lipinski definition) is 5. The van der Waals surface area contributed by atoms with Gasteiger partial charge in [0.15, 0.2) is 0 Å². The molecule has 4 N–H and O–H groups in total. The van der Waals surface area contributed by atoms with Gasteiger partial charge in [0.25, 0.3) is 11.8 Å². The van der Waals surface area contributed by atoms with Crippen LogP contribution in [0.5, 0.6) is 0 Å². The molecule has 8 nitrogen and oxygen atoms in total. The van der Waals surface area contributed by atoms with E-state index in [4.69, 9.17) is 5.26 Å². The molecule has 0 saturated heterocycles. The maximum absolute atomic E-state index is 12.6. The molecule has 0 aliphatic heterocycles. The number of benzene rings is 1. The fraction of sp³-hybridized carbons (Fsp3) is 0.333. The summed E-state index contributed by atoms with van der Waals surface area (Å²) in [5.74, 6) is 0.338. The molecule has 3 rings (SSSR count). The second kappa shape index (κ2) is 7.70. The molecule has 8 heteroatoms. The second-order valence-corrected chi connectivity index (χ2v) is 6.22. The number of amides is 2. The Morgan fingerprint density at radius 1 is 1.38 bits per heavy atom. The lowest BCUT2D eigenvalue weighted by molar-refractivity contribution is 0.0931. The molecular formula is C18H20N6O2. The van der Waals surface area contributed by atoms with Crippen molar-refractivity contribution >= 4 is 23.3 Å². The van der Waals surface area contributed by atoms with Crippen LogP contribution in [-0.2, 0) is 0 Å². The maximum atomic E-state index is 12.6. The molecule has 1 unspecified atom stereocenters. The van der Waals surface area contributed by atoms with Crippen molar-refractivity contribution in [1.29, 1.82) is 5.26 Å². The molecule has 1 aromatic heterocycles. The van der Waals surface area contributed by atoms with Gasteiger partial charge in [-0.2, -0.15) is 10.4 Å². The molecule has 2 amide bonds. The molecule has 1 aliphatic rings. The van der Waals surface area contributed by atoms with Crippen LogP contribution in [0.3, 0.4) is 0 Å². The SMILES string of the molecule is CNC(=O)c1cccc(Nc2[nH]ncc2C(=O)NC(CC#N)C2CC2)c1. The number of nitrogens with zero attached hydrogens (tertiary/aromatic N) is 2. The number of anilines is 2. The lowest BCUT2D eigenvalue weighted by Gasteiger charge is -2.15. The monoisotopic (exact) mass is 352 g/mol. The molecule has 0 radical (unpaired) electrons. The highest BCUT2D eigenvalue weighted by atomic mass is 16.2. The third-order valence-electron chi connectivity index (χ3n) is 4.32. The van der Waals surface area contributed by atoms with Gasteiger partial charge in [-0.3, -0.25) is 14.7 Å². The number of nitrogens with one attached hydrogen (secondary N) is 4. The van der Waals surface area contributed by atoms with E-state index in [1.54, 1.807) is 31.3 Å². The number of rotatable bonds is 7. The Hall–Kier alpha value is -3.34. The summed E-state index contributed by atoms with van der Waals surface area (Å²) >= 11 is 0. The van der Waals surface area contributed by atoms with E-state index in [9.17, 15) is 9.59 Å². The first-order valence-corrected chi connectivity index (χ1v) is 8.42. The average molecular weight is 352 g/mol. The van der Waals surface area contributed by atoms with Crippen molar-refractivity contribution in [1.82, 2.24) is 20.8 Å². The highest BCUT2D eigenvalue weighted by Gasteiger charge is 2.32. The van der Waals surface area contributed by atoms with Gasteiger partial charge >= 0.3 is 0 Å². The topological polar surface area (TPSA) is 123 Å². The molecule has 1 saturated carbocycles. The van der Waals surface area contributed by atoms with E-state index < -0.39 is 0 Å². The Kier molecular flexibility index (Phi) is 5.17. The molecule has 1 aliphatic carbocycles. The van der Waals surface area contributed by atoms with Crippen molar-refractivity contribution in [3.8, 4) is 6.07 Å². The van der Waals surface area contributed by atoms with E-state index >= 15 is 0 Å². The Morgan fingerprint density at radius 3 is 2.88 bits per heavy atom. The predicted molar refractivity (Wildman–Crippen MR) is 95.9 cm³/mol. The van der Waals surface area contributed by atoms with Crippen LogP contribution in [0.2, 0.25) is 0 Å². The van der Waals surface area contributed by atoms with Crippen molar-refractivity contribution in [2.75, 3.05) is 12.4 Å². The number of aromatic amines is 1. The van der Waals surface area contributed by atoms with Gasteiger partial charge in [0.2, 0.25) is 0 Å². The van der Waals surface area contributed by atoms with Crippen LogP contribution in [0.1, 0.15) is 40.0 Å². The van der Waals surface area contributed by atoms with E-state index in [0.717, 1.165) is 12.8 Å². The van der Waals surface area contributed by atoms with Crippen molar-refractivity contribution in [3.63, 3.8) is 0 Å². The molecular weight excluding hydrogens is 332 g/mol. The Bertz CT molecular complexity index is 849. The van der Waals surface area contributed by atoms with Crippen LogP contribution in [0.25, 0.3) is 0 Å². The first-order valence-electron chi connectivity index (χ1n) is 8.42. The average Bonchev–Trinajstić information content (AvgIpc) is 3.40. The standard InChI is InChI=1S/C18H20N6O2/c1-20-17(25)12-3-2-4-13(9-12)22-16-14(10-21-24-16)18(26)23-15(7-8-19)11-5-6-11/h2-4,9-11,15H,5-7H2,1H3,(H,20,25)(H,23,26)(H2,21,22,24). The fourth-order valence-electron chi connectivity index (χ4n) is 2.76. The van der Waals surface area contributed by atoms with Crippen molar-refractivity contribution in [2.45, 2.75) is 25.3 Å². The quantitative estimate of drug-likeness (QED) is 0.606. The van der Waals surface area contributed by atoms with Crippen molar-refractivity contribution in [2.24, 2.45) is 5.92 Å². The zero-order valence-electron chi connectivity index (χ0n) is 14.4. The normalized spacial score (nSPS) is 14.2. The van der Waals surface area contributed by atoms with Crippen LogP contribution >= 0.6 is 0 Å². The molecule has 1 atom stereocenters. The summed E-state index contributed by atoms with van der Waals surface area (Å²) in [4.78, 5) is 24.3. The molecule has 0 spiro atoms. The number of carbonyl (C=O) groups excluding carboxylic acids is 2. The number of hydrogen-bond donors (Lipinski definition) is 4. The van der Waals surface area contributed by atoms with Gasteiger partial charge in [0, 0.05) is 24.3 Å². The van der Waals surface area contributed by atoms with Crippen LogP contribution in [-0.4, -0.2) is 35.1 Å². The summed E-state index contributed by atoms with van der Waals surface area (Å²) < 4.78 is 0. The van der Waals surface area contributed by atoms with Crippen LogP contribution < -0.4 is 16.0 Å². The number of H-pyrrole nitrogens is 1. The summed E-state index contributed by atoms with van der Waals surface area (Å²) in [6.07, 6.45) is 3.81. The van der Waals surface area contributed by atoms with E-state index in [0.29, 0.717) is 35.0 Å². The highest BCUT2D eigenvalue weighted by molar-refractivity contribution is 6.00. The third kappa shape index (κ3) is 4.00. The van der Waals surface area contributed by atoms with Gasteiger partial charge in [-0.25, -0.2) is 0 Å². The summed E-state index contributed by atoms with van der Waals surface area (Å²) in [6.45, 7) is 0. The summed E-state index contributed by atoms with van der Waals surface area (Å²) in [5.41, 5.74) is 1.52. The second-order valence-electron chi connectivity index (χ2n) is 6.22. The lowest BCUT2D eigenvalue weighted by atomic mass is 10.1. The van der Waals surface area contributed by atoms with E-state index in [2.05, 4.69) is 32.2 Å². The lowest BCUT2D eigenvalue weighted by Crippen LogP contribution is -2.36. The minimum atomic E-state index is -0.282. The predicted octanol–water partition coefficient (Wildman–Crippen LogP) is 1.93. The van der Waals surface area contributed by atoms with Gasteiger partial charge < -0.3 is 16.0 Å². The van der Waals surface area contributed by atoms with E-state index in [-0.39, 0.29) is 17.9 Å². The smallest absolute Gasteiger partial charge is 0.256 e. The van der Waals surface area contributed by atoms with Crippen molar-refractivity contribution < 1.29 is 9.59 Å². The van der Waals surface area contributed by atoms with Gasteiger partial charge in [-0.05, 0) is 37.0 Å². The Labute approximate surface area is 151 Å². The number of nitriles is 1. The molecule has 134 valence electrons. The summed E-state index contributed by atoms with van der Waals surface area (Å²) in [6, 6.07) is 8.92. The van der Waals surface area contributed by atoms with Gasteiger partial charge in [0.05, 0.1) is 18.7 Å². The summed E-state index contributed by atoms with van der Waals surface area (Å²) in [5, 5.41) is 24.2. The molecule has 1 aromatic carbocycles. The molecule has 2 aromatic rings. The maximum Gasteiger partial charge on any atom is 0.256 e. The molecule has 26 heavy (non-hydrogen) atoms. The largest absolute Gasteiger partial charge is 0.355 e. The van der Waals surface area contributed by atoms with Crippen LogP contribution in [0, 0.1) is 17.2 Å². The van der Waals surface area contributed by atoms with Crippen LogP contribution in [0.15, 0.2) is 30.5 Å². The third-order valence-corrected chi connectivity index (χ3v) is 4.32. The molecule has 0 bridgehead atoms. The van der Waals surface area contributed by atoms with Crippen LogP contribution in [0.4, 0.5) is 11.5 Å². The van der Waals surface area contributed by atoms with Crippen molar-refractivity contribution in [3.05, 3.63) is 41.6 Å². The highest BCUT2D eigenvalue weighted by Crippen LogP contribution is 2.34. The zero-order chi connectivity index (χ0) is 18.5. The minimum Gasteiger partial charge on any atom is -0.355 e. The van der Waals surface area contributed by atoms with Gasteiger partial charge in [-0.15, -0.1) is 0 Å². The number of aromatic nitrogens is 2. The first kappa shape index (κ1) is 17.5.